The van der Waals surface area contributed by atoms with Crippen LogP contribution in [0.1, 0.15) is 0 Å². The molecule has 8 nitrogen and oxygen atoms in total. The van der Waals surface area contributed by atoms with Crippen molar-refractivity contribution in [3.8, 4) is 90.8 Å². The quantitative estimate of drug-likeness (QED) is 0.143. The second-order valence-corrected chi connectivity index (χ2v) is 18.3. The molecule has 0 radical (unpaired) electrons. The minimum atomic E-state index is 0.552. The molecule has 0 atom stereocenters. The summed E-state index contributed by atoms with van der Waals surface area (Å²) in [5.74, 6) is 3.51. The normalized spacial score (nSPS) is 11.5. The number of para-hydroxylation sites is 3. The van der Waals surface area contributed by atoms with Crippen molar-refractivity contribution in [3.63, 3.8) is 0 Å². The van der Waals surface area contributed by atoms with Crippen LogP contribution >= 0.6 is 0 Å². The molecule has 0 saturated heterocycles. The SMILES string of the molecule is c1ccc(-c2nc(-c3ccccc3)nc(-c3ccc4c5ccccc5n(-c5ccc(-c6ccc7c(c6)c6ccccc6n7-c6ccccc6)cc5-c5nc(-c6ccccc6)nc(-c6ccccc6)n5)c4c3)n2)cc1. The van der Waals surface area contributed by atoms with E-state index in [0.717, 1.165) is 88.7 Å². The van der Waals surface area contributed by atoms with E-state index < -0.39 is 0 Å². The summed E-state index contributed by atoms with van der Waals surface area (Å²) in [5.41, 5.74) is 13.8. The zero-order valence-corrected chi connectivity index (χ0v) is 39.8. The van der Waals surface area contributed by atoms with E-state index in [4.69, 9.17) is 29.9 Å². The molecular formula is C66H42N8. The Morgan fingerprint density at radius 2 is 0.595 bits per heavy atom. The highest BCUT2D eigenvalue weighted by molar-refractivity contribution is 6.12. The monoisotopic (exact) mass is 946 g/mol. The summed E-state index contributed by atoms with van der Waals surface area (Å²) in [6.07, 6.45) is 0. The van der Waals surface area contributed by atoms with E-state index in [0.29, 0.717) is 34.9 Å². The van der Waals surface area contributed by atoms with Crippen LogP contribution in [0.3, 0.4) is 0 Å². The molecule has 0 aliphatic heterocycles. The first-order chi connectivity index (χ1) is 36.7. The van der Waals surface area contributed by atoms with Crippen molar-refractivity contribution in [2.45, 2.75) is 0 Å². The molecule has 0 amide bonds. The number of rotatable bonds is 9. The number of benzene rings is 10. The first-order valence-corrected chi connectivity index (χ1v) is 24.7. The minimum absolute atomic E-state index is 0.552. The van der Waals surface area contributed by atoms with Crippen LogP contribution in [0.25, 0.3) is 134 Å². The first kappa shape index (κ1) is 42.7. The first-order valence-electron chi connectivity index (χ1n) is 24.7. The third-order valence-corrected chi connectivity index (χ3v) is 13.8. The summed E-state index contributed by atoms with van der Waals surface area (Å²) in [6.45, 7) is 0. The van der Waals surface area contributed by atoms with Crippen LogP contribution in [0.4, 0.5) is 0 Å². The van der Waals surface area contributed by atoms with Crippen LogP contribution in [0.15, 0.2) is 255 Å². The van der Waals surface area contributed by atoms with Crippen LogP contribution in [-0.4, -0.2) is 39.0 Å². The molecule has 0 spiro atoms. The van der Waals surface area contributed by atoms with Crippen LogP contribution in [0, 0.1) is 0 Å². The fourth-order valence-corrected chi connectivity index (χ4v) is 10.3. The van der Waals surface area contributed by atoms with Gasteiger partial charge in [0.2, 0.25) is 0 Å². The van der Waals surface area contributed by atoms with Crippen molar-refractivity contribution in [1.29, 1.82) is 0 Å². The lowest BCUT2D eigenvalue weighted by molar-refractivity contribution is 1.06. The lowest BCUT2D eigenvalue weighted by Gasteiger charge is -2.17. The maximum absolute atomic E-state index is 5.37. The standard InChI is InChI=1S/C66H42N8/c1-6-20-43(21-7-1)61-67-62(44-22-8-2-9-23-44)70-65(69-61)49-34-37-53-51-30-16-19-33-57(51)74(60(53)42-49)59-39-36-48(47-35-38-58-54(40-47)52-31-17-18-32-56(52)73(58)50-28-14-5-15-29-50)41-55(59)66-71-63(45-24-10-3-11-25-45)68-64(72-66)46-26-12-4-13-27-46/h1-42H. The number of nitrogens with zero attached hydrogens (tertiary/aromatic N) is 8. The van der Waals surface area contributed by atoms with Crippen LogP contribution < -0.4 is 0 Å². The average Bonchev–Trinajstić information content (AvgIpc) is 4.00. The summed E-state index contributed by atoms with van der Waals surface area (Å²) < 4.78 is 4.69. The predicted octanol–water partition coefficient (Wildman–Crippen LogP) is 15.9. The Hall–Kier alpha value is -10.2. The third kappa shape index (κ3) is 7.48. The Kier molecular flexibility index (Phi) is 10.3. The van der Waals surface area contributed by atoms with Gasteiger partial charge in [-0.1, -0.05) is 200 Å². The largest absolute Gasteiger partial charge is 0.309 e. The molecule has 346 valence electrons. The highest BCUT2D eigenvalue weighted by Gasteiger charge is 2.23. The molecule has 0 aliphatic carbocycles. The summed E-state index contributed by atoms with van der Waals surface area (Å²) in [5, 5.41) is 4.56. The fraction of sp³-hybridized carbons (Fsp3) is 0. The predicted molar refractivity (Wildman–Crippen MR) is 300 cm³/mol. The van der Waals surface area contributed by atoms with Crippen molar-refractivity contribution >= 4 is 43.6 Å². The molecule has 0 aliphatic rings. The Morgan fingerprint density at radius 3 is 1.14 bits per heavy atom. The molecule has 8 heteroatoms. The van der Waals surface area contributed by atoms with Gasteiger partial charge in [0, 0.05) is 60.6 Å². The Morgan fingerprint density at radius 1 is 0.216 bits per heavy atom. The van der Waals surface area contributed by atoms with E-state index in [9.17, 15) is 0 Å². The van der Waals surface area contributed by atoms with Crippen LogP contribution in [0.2, 0.25) is 0 Å². The molecule has 4 heterocycles. The number of hydrogen-bond acceptors (Lipinski definition) is 6. The van der Waals surface area contributed by atoms with Gasteiger partial charge in [0.05, 0.1) is 27.8 Å². The van der Waals surface area contributed by atoms with Gasteiger partial charge in [-0.2, -0.15) is 0 Å². The van der Waals surface area contributed by atoms with Gasteiger partial charge in [0.1, 0.15) is 0 Å². The van der Waals surface area contributed by atoms with E-state index in [1.165, 1.54) is 10.8 Å². The molecule has 0 saturated carbocycles. The molecule has 14 aromatic rings. The van der Waals surface area contributed by atoms with E-state index in [1.54, 1.807) is 0 Å². The molecular weight excluding hydrogens is 905 g/mol. The van der Waals surface area contributed by atoms with Gasteiger partial charge in [0.15, 0.2) is 34.9 Å². The second-order valence-electron chi connectivity index (χ2n) is 18.3. The summed E-state index contributed by atoms with van der Waals surface area (Å²) >= 11 is 0. The van der Waals surface area contributed by atoms with E-state index in [-0.39, 0.29) is 0 Å². The van der Waals surface area contributed by atoms with Gasteiger partial charge in [-0.15, -0.1) is 0 Å². The molecule has 74 heavy (non-hydrogen) atoms. The smallest absolute Gasteiger partial charge is 0.166 e. The van der Waals surface area contributed by atoms with Gasteiger partial charge >= 0.3 is 0 Å². The number of fused-ring (bicyclic) bond motifs is 6. The van der Waals surface area contributed by atoms with Gasteiger partial charge in [-0.3, -0.25) is 0 Å². The second kappa shape index (κ2) is 17.9. The zero-order chi connectivity index (χ0) is 49.0. The highest BCUT2D eigenvalue weighted by atomic mass is 15.1. The van der Waals surface area contributed by atoms with Crippen molar-refractivity contribution in [2.75, 3.05) is 0 Å². The molecule has 0 fully saturated rings. The van der Waals surface area contributed by atoms with E-state index in [1.807, 2.05) is 97.1 Å². The van der Waals surface area contributed by atoms with Crippen molar-refractivity contribution in [3.05, 3.63) is 255 Å². The lowest BCUT2D eigenvalue weighted by atomic mass is 9.99. The summed E-state index contributed by atoms with van der Waals surface area (Å²) in [6, 6.07) is 88.3. The molecule has 10 aromatic carbocycles. The topological polar surface area (TPSA) is 87.2 Å². The van der Waals surface area contributed by atoms with Gasteiger partial charge < -0.3 is 9.13 Å². The van der Waals surface area contributed by atoms with E-state index >= 15 is 0 Å². The van der Waals surface area contributed by atoms with Gasteiger partial charge in [-0.05, 0) is 65.7 Å². The minimum Gasteiger partial charge on any atom is -0.309 e. The molecule has 0 unspecified atom stereocenters. The third-order valence-electron chi connectivity index (χ3n) is 13.8. The highest BCUT2D eigenvalue weighted by Crippen LogP contribution is 2.41. The Labute approximate surface area is 426 Å². The van der Waals surface area contributed by atoms with Gasteiger partial charge in [0.25, 0.3) is 0 Å². The molecule has 14 rings (SSSR count). The lowest BCUT2D eigenvalue weighted by Crippen LogP contribution is -2.04. The van der Waals surface area contributed by atoms with Gasteiger partial charge in [-0.25, -0.2) is 29.9 Å². The average molecular weight is 947 g/mol. The van der Waals surface area contributed by atoms with Crippen molar-refractivity contribution in [2.24, 2.45) is 0 Å². The molecule has 0 N–H and O–H groups in total. The maximum Gasteiger partial charge on any atom is 0.166 e. The van der Waals surface area contributed by atoms with Crippen molar-refractivity contribution < 1.29 is 0 Å². The Bertz CT molecular complexity index is 4290. The van der Waals surface area contributed by atoms with Crippen LogP contribution in [0.5, 0.6) is 0 Å². The summed E-state index contributed by atoms with van der Waals surface area (Å²) in [7, 11) is 0. The maximum atomic E-state index is 5.37. The van der Waals surface area contributed by atoms with E-state index in [2.05, 4.69) is 167 Å². The summed E-state index contributed by atoms with van der Waals surface area (Å²) in [4.78, 5) is 31.1. The Balaban J connectivity index is 1.02. The fourth-order valence-electron chi connectivity index (χ4n) is 10.3. The van der Waals surface area contributed by atoms with Crippen LogP contribution in [-0.2, 0) is 0 Å². The number of aromatic nitrogens is 8. The molecule has 4 aromatic heterocycles. The number of hydrogen-bond donors (Lipinski definition) is 0. The zero-order valence-electron chi connectivity index (χ0n) is 39.8. The molecule has 0 bridgehead atoms. The van der Waals surface area contributed by atoms with Crippen molar-refractivity contribution in [1.82, 2.24) is 39.0 Å².